The quantitative estimate of drug-likeness (QED) is 0.588. The second-order valence-electron chi connectivity index (χ2n) is 6.46. The van der Waals surface area contributed by atoms with E-state index in [9.17, 15) is 5.11 Å². The number of benzene rings is 1. The van der Waals surface area contributed by atoms with Gasteiger partial charge in [0.2, 0.25) is 0 Å². The summed E-state index contributed by atoms with van der Waals surface area (Å²) in [6.07, 6.45) is 2.93. The van der Waals surface area contributed by atoms with Crippen LogP contribution in [0, 0.1) is 0 Å². The first-order chi connectivity index (χ1) is 12.0. The molecule has 0 aliphatic carbocycles. The van der Waals surface area contributed by atoms with Gasteiger partial charge in [-0.25, -0.2) is 0 Å². The Hall–Kier alpha value is -1.30. The molecule has 0 saturated heterocycles. The molecule has 0 fully saturated rings. The summed E-state index contributed by atoms with van der Waals surface area (Å²) in [5.74, 6) is 1.39. The molecular weight excluding hydrogens is 318 g/mol. The van der Waals surface area contributed by atoms with E-state index in [1.165, 1.54) is 6.42 Å². The molecule has 0 amide bonds. The smallest absolute Gasteiger partial charge is 0.161 e. The minimum atomic E-state index is -0.481. The van der Waals surface area contributed by atoms with Crippen LogP contribution in [-0.4, -0.2) is 56.1 Å². The van der Waals surface area contributed by atoms with Crippen molar-refractivity contribution in [2.24, 2.45) is 0 Å². The summed E-state index contributed by atoms with van der Waals surface area (Å²) in [5.41, 5.74) is 0.995. The van der Waals surface area contributed by atoms with Crippen LogP contribution in [0.25, 0.3) is 0 Å². The van der Waals surface area contributed by atoms with E-state index in [0.717, 1.165) is 24.9 Å². The zero-order valence-electron chi connectivity index (χ0n) is 16.5. The van der Waals surface area contributed by atoms with E-state index in [4.69, 9.17) is 14.2 Å². The Morgan fingerprint density at radius 3 is 2.44 bits per heavy atom. The molecule has 1 aromatic rings. The third-order valence-electron chi connectivity index (χ3n) is 4.49. The van der Waals surface area contributed by atoms with Crippen LogP contribution in [0.15, 0.2) is 18.2 Å². The second-order valence-corrected chi connectivity index (χ2v) is 6.46. The molecule has 5 nitrogen and oxygen atoms in total. The van der Waals surface area contributed by atoms with Crippen LogP contribution in [0.3, 0.4) is 0 Å². The Morgan fingerprint density at radius 2 is 1.84 bits per heavy atom. The van der Waals surface area contributed by atoms with Crippen molar-refractivity contribution >= 4 is 0 Å². The van der Waals surface area contributed by atoms with Crippen LogP contribution in [0.1, 0.15) is 45.6 Å². The summed E-state index contributed by atoms with van der Waals surface area (Å²) in [7, 11) is 3.23. The topological polar surface area (TPSA) is 51.2 Å². The zero-order valence-corrected chi connectivity index (χ0v) is 16.5. The average molecular weight is 354 g/mol. The van der Waals surface area contributed by atoms with E-state index in [1.54, 1.807) is 14.2 Å². The van der Waals surface area contributed by atoms with Crippen LogP contribution in [0.2, 0.25) is 0 Å². The number of rotatable bonds is 13. The van der Waals surface area contributed by atoms with Crippen molar-refractivity contribution in [3.05, 3.63) is 23.8 Å². The first-order valence-electron chi connectivity index (χ1n) is 9.26. The lowest BCUT2D eigenvalue weighted by molar-refractivity contribution is 0.00297. The highest BCUT2D eigenvalue weighted by Crippen LogP contribution is 2.27. The number of aliphatic hydroxyl groups excluding tert-OH is 1. The van der Waals surface area contributed by atoms with E-state index >= 15 is 0 Å². The largest absolute Gasteiger partial charge is 0.493 e. The van der Waals surface area contributed by atoms with Gasteiger partial charge in [-0.1, -0.05) is 26.3 Å². The zero-order chi connectivity index (χ0) is 18.7. The molecule has 1 aromatic carbocycles. The van der Waals surface area contributed by atoms with Gasteiger partial charge in [0.05, 0.1) is 33.5 Å². The van der Waals surface area contributed by atoms with Gasteiger partial charge in [-0.15, -0.1) is 0 Å². The summed E-state index contributed by atoms with van der Waals surface area (Å²) >= 11 is 0. The number of hydrogen-bond donors (Lipinski definition) is 1. The highest BCUT2D eigenvalue weighted by molar-refractivity contribution is 5.42. The predicted molar refractivity (Wildman–Crippen MR) is 101 cm³/mol. The molecule has 0 spiro atoms. The van der Waals surface area contributed by atoms with Crippen molar-refractivity contribution < 1.29 is 19.3 Å². The van der Waals surface area contributed by atoms with E-state index < -0.39 is 6.10 Å². The molecule has 0 heterocycles. The van der Waals surface area contributed by atoms with Crippen LogP contribution in [-0.2, 0) is 11.3 Å². The molecular formula is C20H35NO4. The number of nitrogens with zero attached hydrogens (tertiary/aromatic N) is 1. The Labute approximate surface area is 152 Å². The highest BCUT2D eigenvalue weighted by Gasteiger charge is 2.16. The first kappa shape index (κ1) is 21.7. The lowest BCUT2D eigenvalue weighted by atomic mass is 10.1. The summed E-state index contributed by atoms with van der Waals surface area (Å²) < 4.78 is 16.2. The molecule has 0 aliphatic rings. The fraction of sp³-hybridized carbons (Fsp3) is 0.700. The van der Waals surface area contributed by atoms with Gasteiger partial charge in [0.25, 0.3) is 0 Å². The van der Waals surface area contributed by atoms with Crippen molar-refractivity contribution in [1.29, 1.82) is 0 Å². The molecule has 5 heteroatoms. The molecule has 144 valence electrons. The first-order valence-corrected chi connectivity index (χ1v) is 9.26. The number of methoxy groups -OCH3 is 2. The normalized spacial score (nSPS) is 13.7. The lowest BCUT2D eigenvalue weighted by Gasteiger charge is -2.30. The summed E-state index contributed by atoms with van der Waals surface area (Å²) in [5, 5.41) is 10.3. The monoisotopic (exact) mass is 353 g/mol. The number of aliphatic hydroxyl groups is 1. The van der Waals surface area contributed by atoms with Gasteiger partial charge < -0.3 is 19.3 Å². The molecule has 25 heavy (non-hydrogen) atoms. The SMILES string of the molecule is CCCCN(CC(O)COCc1ccc(OC)c(OC)c1)C(C)CC. The Kier molecular flexibility index (Phi) is 10.5. The van der Waals surface area contributed by atoms with Gasteiger partial charge in [0.1, 0.15) is 0 Å². The molecule has 2 unspecified atom stereocenters. The molecule has 0 bridgehead atoms. The third kappa shape index (κ3) is 7.63. The van der Waals surface area contributed by atoms with Crippen molar-refractivity contribution in [1.82, 2.24) is 4.90 Å². The van der Waals surface area contributed by atoms with Gasteiger partial charge in [-0.3, -0.25) is 4.90 Å². The maximum absolute atomic E-state index is 10.3. The lowest BCUT2D eigenvalue weighted by Crippen LogP contribution is -2.40. The average Bonchev–Trinajstić information content (AvgIpc) is 2.64. The van der Waals surface area contributed by atoms with Crippen LogP contribution >= 0.6 is 0 Å². The molecule has 0 aliphatic heterocycles. The van der Waals surface area contributed by atoms with Gasteiger partial charge in [-0.05, 0) is 44.0 Å². The van der Waals surface area contributed by atoms with Gasteiger partial charge >= 0.3 is 0 Å². The number of ether oxygens (including phenoxy) is 3. The van der Waals surface area contributed by atoms with Gasteiger partial charge in [-0.2, -0.15) is 0 Å². The van der Waals surface area contributed by atoms with E-state index in [-0.39, 0.29) is 0 Å². The second kappa shape index (κ2) is 12.1. The fourth-order valence-corrected chi connectivity index (χ4v) is 2.72. The summed E-state index contributed by atoms with van der Waals surface area (Å²) in [6.45, 7) is 9.04. The van der Waals surface area contributed by atoms with E-state index in [1.807, 2.05) is 18.2 Å². The fourth-order valence-electron chi connectivity index (χ4n) is 2.72. The Balaban J connectivity index is 2.46. The summed E-state index contributed by atoms with van der Waals surface area (Å²) in [4.78, 5) is 2.36. The predicted octanol–water partition coefficient (Wildman–Crippen LogP) is 3.48. The van der Waals surface area contributed by atoms with E-state index in [0.29, 0.717) is 37.3 Å². The van der Waals surface area contributed by atoms with E-state index in [2.05, 4.69) is 25.7 Å². The molecule has 1 rings (SSSR count). The standard InChI is InChI=1S/C20H35NO4/c1-6-8-11-21(16(3)7-2)13-18(22)15-25-14-17-9-10-19(23-4)20(12-17)24-5/h9-10,12,16,18,22H,6-8,11,13-15H2,1-5H3. The maximum Gasteiger partial charge on any atom is 0.161 e. The van der Waals surface area contributed by atoms with Crippen molar-refractivity contribution in [2.75, 3.05) is 33.9 Å². The molecule has 0 radical (unpaired) electrons. The maximum atomic E-state index is 10.3. The number of unbranched alkanes of at least 4 members (excludes halogenated alkanes) is 1. The third-order valence-corrected chi connectivity index (χ3v) is 4.49. The van der Waals surface area contributed by atoms with Crippen LogP contribution in [0.5, 0.6) is 11.5 Å². The van der Waals surface area contributed by atoms with Gasteiger partial charge in [0.15, 0.2) is 11.5 Å². The minimum Gasteiger partial charge on any atom is -0.493 e. The van der Waals surface area contributed by atoms with Crippen molar-refractivity contribution in [3.63, 3.8) is 0 Å². The molecule has 0 saturated carbocycles. The number of hydrogen-bond acceptors (Lipinski definition) is 5. The molecule has 0 aromatic heterocycles. The van der Waals surface area contributed by atoms with Crippen LogP contribution in [0.4, 0.5) is 0 Å². The minimum absolute atomic E-state index is 0.327. The van der Waals surface area contributed by atoms with Gasteiger partial charge in [0, 0.05) is 12.6 Å². The Bertz CT molecular complexity index is 481. The molecule has 1 N–H and O–H groups in total. The summed E-state index contributed by atoms with van der Waals surface area (Å²) in [6, 6.07) is 6.19. The Morgan fingerprint density at radius 1 is 1.12 bits per heavy atom. The van der Waals surface area contributed by atoms with Crippen molar-refractivity contribution in [2.45, 2.75) is 58.8 Å². The molecule has 2 atom stereocenters. The van der Waals surface area contributed by atoms with Crippen LogP contribution < -0.4 is 9.47 Å². The van der Waals surface area contributed by atoms with Crippen molar-refractivity contribution in [3.8, 4) is 11.5 Å². The highest BCUT2D eigenvalue weighted by atomic mass is 16.5.